The molecule has 0 unspecified atom stereocenters. The maximum absolute atomic E-state index is 13.9. The van der Waals surface area contributed by atoms with Gasteiger partial charge >= 0.3 is 7.12 Å². The van der Waals surface area contributed by atoms with E-state index < -0.39 is 12.9 Å². The Hall–Kier alpha value is -1.40. The van der Waals surface area contributed by atoms with E-state index in [-0.39, 0.29) is 23.0 Å². The molecule has 102 valence electrons. The van der Waals surface area contributed by atoms with Crippen LogP contribution in [-0.4, -0.2) is 40.6 Å². The quantitative estimate of drug-likeness (QED) is 0.766. The summed E-state index contributed by atoms with van der Waals surface area (Å²) in [6.45, 7) is 2.60. The number of rotatable bonds is 2. The van der Waals surface area contributed by atoms with Crippen LogP contribution in [0.4, 0.5) is 4.39 Å². The first-order valence-corrected chi connectivity index (χ1v) is 6.47. The molecule has 1 fully saturated rings. The first-order valence-electron chi connectivity index (χ1n) is 6.47. The Labute approximate surface area is 112 Å². The average molecular weight is 265 g/mol. The summed E-state index contributed by atoms with van der Waals surface area (Å²) < 4.78 is 13.9. The molecule has 0 radical (unpaired) electrons. The fourth-order valence-electron chi connectivity index (χ4n) is 2.42. The zero-order chi connectivity index (χ0) is 14.0. The van der Waals surface area contributed by atoms with Gasteiger partial charge in [0.1, 0.15) is 5.82 Å². The van der Waals surface area contributed by atoms with Crippen molar-refractivity contribution < 1.29 is 19.2 Å². The second-order valence-electron chi connectivity index (χ2n) is 4.96. The Bertz CT molecular complexity index is 481. The zero-order valence-electron chi connectivity index (χ0n) is 10.8. The van der Waals surface area contributed by atoms with Gasteiger partial charge in [-0.2, -0.15) is 0 Å². The highest BCUT2D eigenvalue weighted by Crippen LogP contribution is 2.20. The lowest BCUT2D eigenvalue weighted by Crippen LogP contribution is -2.42. The molecule has 0 aromatic heterocycles. The molecule has 2 rings (SSSR count). The van der Waals surface area contributed by atoms with Crippen molar-refractivity contribution in [3.63, 3.8) is 0 Å². The number of halogens is 1. The van der Waals surface area contributed by atoms with E-state index in [0.29, 0.717) is 6.54 Å². The van der Waals surface area contributed by atoms with Crippen LogP contribution in [0.2, 0.25) is 0 Å². The summed E-state index contributed by atoms with van der Waals surface area (Å²) in [5.41, 5.74) is 0.0268. The number of piperidine rings is 1. The van der Waals surface area contributed by atoms with Gasteiger partial charge < -0.3 is 14.9 Å². The molecule has 19 heavy (non-hydrogen) atoms. The van der Waals surface area contributed by atoms with Crippen molar-refractivity contribution in [1.29, 1.82) is 0 Å². The number of benzene rings is 1. The van der Waals surface area contributed by atoms with Crippen LogP contribution in [0, 0.1) is 5.82 Å². The van der Waals surface area contributed by atoms with Crippen molar-refractivity contribution in [2.75, 3.05) is 6.54 Å². The summed E-state index contributed by atoms with van der Waals surface area (Å²) in [5, 5.41) is 17.9. The second-order valence-corrected chi connectivity index (χ2v) is 4.96. The summed E-state index contributed by atoms with van der Waals surface area (Å²) in [6, 6.07) is 3.78. The average Bonchev–Trinajstić information content (AvgIpc) is 2.38. The molecule has 1 aliphatic heterocycles. The largest absolute Gasteiger partial charge is 0.488 e. The van der Waals surface area contributed by atoms with Crippen LogP contribution < -0.4 is 5.46 Å². The number of carbonyl (C=O) groups is 1. The third kappa shape index (κ3) is 2.96. The zero-order valence-corrected chi connectivity index (χ0v) is 10.8. The number of nitrogens with zero attached hydrogens (tertiary/aromatic N) is 1. The Balaban J connectivity index is 2.23. The summed E-state index contributed by atoms with van der Waals surface area (Å²) in [6.07, 6.45) is 2.95. The standard InChI is InChI=1S/C13H17BFNO3/c1-9-4-2-3-7-16(9)13(17)11-6-5-10(14(18)19)8-12(11)15/h5-6,8-9,18-19H,2-4,7H2,1H3/t9-/m1/s1. The Morgan fingerprint density at radius 1 is 1.42 bits per heavy atom. The van der Waals surface area contributed by atoms with Crippen molar-refractivity contribution in [2.24, 2.45) is 0 Å². The van der Waals surface area contributed by atoms with E-state index in [1.165, 1.54) is 12.1 Å². The number of hydrogen-bond donors (Lipinski definition) is 2. The molecule has 1 aromatic rings. The molecule has 0 spiro atoms. The molecule has 2 N–H and O–H groups in total. The second kappa shape index (κ2) is 5.71. The van der Waals surface area contributed by atoms with Gasteiger partial charge in [0, 0.05) is 12.6 Å². The molecule has 0 aliphatic carbocycles. The predicted octanol–water partition coefficient (Wildman–Crippen LogP) is 0.520. The van der Waals surface area contributed by atoms with Crippen LogP contribution >= 0.6 is 0 Å². The smallest absolute Gasteiger partial charge is 0.423 e. The minimum absolute atomic E-state index is 0.0156. The molecule has 1 heterocycles. The van der Waals surface area contributed by atoms with E-state index in [1.54, 1.807) is 4.90 Å². The van der Waals surface area contributed by atoms with Crippen molar-refractivity contribution in [3.8, 4) is 0 Å². The molecule has 1 amide bonds. The molecule has 1 atom stereocenters. The lowest BCUT2D eigenvalue weighted by atomic mass is 9.80. The summed E-state index contributed by atoms with van der Waals surface area (Å²) in [5.74, 6) is -1.04. The highest BCUT2D eigenvalue weighted by molar-refractivity contribution is 6.58. The summed E-state index contributed by atoms with van der Waals surface area (Å²) in [7, 11) is -1.73. The van der Waals surface area contributed by atoms with E-state index in [9.17, 15) is 9.18 Å². The van der Waals surface area contributed by atoms with E-state index in [1.807, 2.05) is 6.92 Å². The van der Waals surface area contributed by atoms with Crippen LogP contribution in [0.3, 0.4) is 0 Å². The van der Waals surface area contributed by atoms with Gasteiger partial charge in [0.15, 0.2) is 0 Å². The minimum Gasteiger partial charge on any atom is -0.423 e. The van der Waals surface area contributed by atoms with Crippen LogP contribution in [0.5, 0.6) is 0 Å². The number of hydrogen-bond acceptors (Lipinski definition) is 3. The minimum atomic E-state index is -1.73. The first-order chi connectivity index (χ1) is 9.00. The third-order valence-corrected chi connectivity index (χ3v) is 3.59. The third-order valence-electron chi connectivity index (χ3n) is 3.59. The van der Waals surface area contributed by atoms with Gasteiger partial charge in [-0.3, -0.25) is 4.79 Å². The van der Waals surface area contributed by atoms with Gasteiger partial charge in [-0.15, -0.1) is 0 Å². The highest BCUT2D eigenvalue weighted by atomic mass is 19.1. The van der Waals surface area contributed by atoms with Gasteiger partial charge in [0.25, 0.3) is 5.91 Å². The molecule has 4 nitrogen and oxygen atoms in total. The van der Waals surface area contributed by atoms with Crippen molar-refractivity contribution in [2.45, 2.75) is 32.2 Å². The van der Waals surface area contributed by atoms with Gasteiger partial charge in [-0.1, -0.05) is 6.07 Å². The molecular weight excluding hydrogens is 248 g/mol. The normalized spacial score (nSPS) is 19.4. The molecule has 6 heteroatoms. The maximum Gasteiger partial charge on any atom is 0.488 e. The number of likely N-dealkylation sites (tertiary alicyclic amines) is 1. The molecule has 1 aliphatic rings. The fourth-order valence-corrected chi connectivity index (χ4v) is 2.42. The Morgan fingerprint density at radius 2 is 2.16 bits per heavy atom. The van der Waals surface area contributed by atoms with E-state index in [4.69, 9.17) is 10.0 Å². The van der Waals surface area contributed by atoms with Gasteiger partial charge in [-0.05, 0) is 43.8 Å². The SMILES string of the molecule is C[C@@H]1CCCCN1C(=O)c1ccc(B(O)O)cc1F. The van der Waals surface area contributed by atoms with Crippen LogP contribution in [0.15, 0.2) is 18.2 Å². The lowest BCUT2D eigenvalue weighted by Gasteiger charge is -2.33. The molecule has 1 aromatic carbocycles. The lowest BCUT2D eigenvalue weighted by molar-refractivity contribution is 0.0631. The van der Waals surface area contributed by atoms with Crippen molar-refractivity contribution >= 4 is 18.5 Å². The Kier molecular flexibility index (Phi) is 4.22. The van der Waals surface area contributed by atoms with Crippen molar-refractivity contribution in [1.82, 2.24) is 4.90 Å². The molecular formula is C13H17BFNO3. The van der Waals surface area contributed by atoms with Crippen LogP contribution in [0.25, 0.3) is 0 Å². The number of amides is 1. The van der Waals surface area contributed by atoms with E-state index in [0.717, 1.165) is 25.3 Å². The van der Waals surface area contributed by atoms with Crippen LogP contribution in [0.1, 0.15) is 36.5 Å². The molecule has 0 bridgehead atoms. The van der Waals surface area contributed by atoms with Crippen LogP contribution in [-0.2, 0) is 0 Å². The summed E-state index contributed by atoms with van der Waals surface area (Å²) in [4.78, 5) is 14.0. The highest BCUT2D eigenvalue weighted by Gasteiger charge is 2.26. The Morgan fingerprint density at radius 3 is 2.74 bits per heavy atom. The van der Waals surface area contributed by atoms with Crippen molar-refractivity contribution in [3.05, 3.63) is 29.6 Å². The van der Waals surface area contributed by atoms with E-state index >= 15 is 0 Å². The van der Waals surface area contributed by atoms with E-state index in [2.05, 4.69) is 0 Å². The summed E-state index contributed by atoms with van der Waals surface area (Å²) >= 11 is 0. The van der Waals surface area contributed by atoms with Gasteiger partial charge in [0.05, 0.1) is 5.56 Å². The number of carbonyl (C=O) groups excluding carboxylic acids is 1. The topological polar surface area (TPSA) is 60.8 Å². The maximum atomic E-state index is 13.9. The predicted molar refractivity (Wildman–Crippen MR) is 70.6 cm³/mol. The monoisotopic (exact) mass is 265 g/mol. The molecule has 0 saturated carbocycles. The fraction of sp³-hybridized carbons (Fsp3) is 0.462. The van der Waals surface area contributed by atoms with Gasteiger partial charge in [-0.25, -0.2) is 4.39 Å². The molecule has 1 saturated heterocycles. The van der Waals surface area contributed by atoms with Gasteiger partial charge in [0.2, 0.25) is 0 Å². The first kappa shape index (κ1) is 14.0.